The van der Waals surface area contributed by atoms with Crippen molar-refractivity contribution in [1.29, 1.82) is 0 Å². The molecule has 1 aliphatic heterocycles. The number of hydrogen-bond acceptors (Lipinski definition) is 2. The van der Waals surface area contributed by atoms with Gasteiger partial charge in [0.15, 0.2) is 0 Å². The Morgan fingerprint density at radius 3 is 2.60 bits per heavy atom. The van der Waals surface area contributed by atoms with Gasteiger partial charge in [-0.2, -0.15) is 0 Å². The first kappa shape index (κ1) is 13.3. The molecule has 1 saturated heterocycles. The Kier molecular flexibility index (Phi) is 4.09. The van der Waals surface area contributed by atoms with Crippen molar-refractivity contribution in [2.45, 2.75) is 25.2 Å². The summed E-state index contributed by atoms with van der Waals surface area (Å²) in [6.45, 7) is 0.857. The van der Waals surface area contributed by atoms with Crippen LogP contribution in [0.3, 0.4) is 0 Å². The maximum absolute atomic E-state index is 13.5. The van der Waals surface area contributed by atoms with E-state index in [0.717, 1.165) is 6.42 Å². The Hall–Kier alpha value is -1.71. The first-order valence-corrected chi connectivity index (χ1v) is 6.84. The molecule has 20 heavy (non-hydrogen) atoms. The second kappa shape index (κ2) is 6.16. The predicted molar refractivity (Wildman–Crippen MR) is 74.7 cm³/mol. The smallest absolute Gasteiger partial charge is 0.128 e. The van der Waals surface area contributed by atoms with Crippen LogP contribution in [0.4, 0.5) is 4.39 Å². The summed E-state index contributed by atoms with van der Waals surface area (Å²) in [5.41, 5.74) is 1.76. The van der Waals surface area contributed by atoms with Gasteiger partial charge in [-0.3, -0.25) is 0 Å². The standard InChI is InChI=1S/C17H17FO2/c18-16-9-5-4-8-14(16)11-19-15-10-17(20-12-15)13-6-2-1-3-7-13/h1-9,15,17H,10-12H2. The monoisotopic (exact) mass is 272 g/mol. The van der Waals surface area contributed by atoms with Crippen LogP contribution in [0, 0.1) is 5.82 Å². The van der Waals surface area contributed by atoms with Crippen LogP contribution >= 0.6 is 0 Å². The van der Waals surface area contributed by atoms with E-state index < -0.39 is 0 Å². The fourth-order valence-electron chi connectivity index (χ4n) is 2.44. The highest BCUT2D eigenvalue weighted by Gasteiger charge is 2.27. The zero-order chi connectivity index (χ0) is 13.8. The topological polar surface area (TPSA) is 18.5 Å². The Bertz CT molecular complexity index is 556. The Morgan fingerprint density at radius 2 is 1.80 bits per heavy atom. The number of rotatable bonds is 4. The van der Waals surface area contributed by atoms with Gasteiger partial charge in [0.05, 0.1) is 25.4 Å². The maximum Gasteiger partial charge on any atom is 0.128 e. The highest BCUT2D eigenvalue weighted by Crippen LogP contribution is 2.30. The highest BCUT2D eigenvalue weighted by atomic mass is 19.1. The van der Waals surface area contributed by atoms with Gasteiger partial charge in [0, 0.05) is 12.0 Å². The fourth-order valence-corrected chi connectivity index (χ4v) is 2.44. The first-order valence-electron chi connectivity index (χ1n) is 6.84. The minimum Gasteiger partial charge on any atom is -0.371 e. The maximum atomic E-state index is 13.5. The van der Waals surface area contributed by atoms with Crippen LogP contribution in [-0.2, 0) is 16.1 Å². The third kappa shape index (κ3) is 3.06. The van der Waals surface area contributed by atoms with Gasteiger partial charge in [-0.1, -0.05) is 48.5 Å². The van der Waals surface area contributed by atoms with E-state index in [1.807, 2.05) is 24.3 Å². The summed E-state index contributed by atoms with van der Waals surface area (Å²) in [6.07, 6.45) is 0.931. The van der Waals surface area contributed by atoms with E-state index in [2.05, 4.69) is 12.1 Å². The lowest BCUT2D eigenvalue weighted by Crippen LogP contribution is -2.12. The molecule has 0 spiro atoms. The van der Waals surface area contributed by atoms with Crippen molar-refractivity contribution in [3.63, 3.8) is 0 Å². The fraction of sp³-hybridized carbons (Fsp3) is 0.294. The summed E-state index contributed by atoms with van der Waals surface area (Å²) in [5, 5.41) is 0. The molecule has 2 aromatic rings. The Morgan fingerprint density at radius 1 is 1.05 bits per heavy atom. The van der Waals surface area contributed by atoms with Crippen molar-refractivity contribution >= 4 is 0 Å². The minimum atomic E-state index is -0.217. The second-order valence-electron chi connectivity index (χ2n) is 4.99. The van der Waals surface area contributed by atoms with Gasteiger partial charge in [-0.05, 0) is 11.6 Å². The zero-order valence-corrected chi connectivity index (χ0v) is 11.2. The molecule has 0 saturated carbocycles. The zero-order valence-electron chi connectivity index (χ0n) is 11.2. The summed E-state index contributed by atoms with van der Waals surface area (Å²) < 4.78 is 25.0. The van der Waals surface area contributed by atoms with Crippen molar-refractivity contribution in [1.82, 2.24) is 0 Å². The van der Waals surface area contributed by atoms with Gasteiger partial charge in [0.2, 0.25) is 0 Å². The number of hydrogen-bond donors (Lipinski definition) is 0. The van der Waals surface area contributed by atoms with Crippen LogP contribution in [0.25, 0.3) is 0 Å². The lowest BCUT2D eigenvalue weighted by molar-refractivity contribution is 0.0263. The van der Waals surface area contributed by atoms with E-state index in [1.165, 1.54) is 11.6 Å². The van der Waals surface area contributed by atoms with Crippen molar-refractivity contribution < 1.29 is 13.9 Å². The summed E-state index contributed by atoms with van der Waals surface area (Å²) in [4.78, 5) is 0. The van der Waals surface area contributed by atoms with E-state index in [1.54, 1.807) is 12.1 Å². The average Bonchev–Trinajstić information content (AvgIpc) is 2.96. The molecule has 0 aromatic heterocycles. The molecule has 2 nitrogen and oxygen atoms in total. The van der Waals surface area contributed by atoms with E-state index in [9.17, 15) is 4.39 Å². The van der Waals surface area contributed by atoms with Gasteiger partial charge in [-0.25, -0.2) is 4.39 Å². The van der Waals surface area contributed by atoms with Gasteiger partial charge in [0.25, 0.3) is 0 Å². The van der Waals surface area contributed by atoms with Gasteiger partial charge >= 0.3 is 0 Å². The molecule has 1 fully saturated rings. The Labute approximate surface area is 118 Å². The van der Waals surface area contributed by atoms with E-state index in [-0.39, 0.29) is 18.0 Å². The summed E-state index contributed by atoms with van der Waals surface area (Å²) in [7, 11) is 0. The third-order valence-corrected chi connectivity index (χ3v) is 3.56. The van der Waals surface area contributed by atoms with Crippen LogP contribution in [0.5, 0.6) is 0 Å². The van der Waals surface area contributed by atoms with Gasteiger partial charge in [0.1, 0.15) is 5.82 Å². The Balaban J connectivity index is 1.55. The van der Waals surface area contributed by atoms with Crippen LogP contribution in [0.15, 0.2) is 54.6 Å². The molecule has 2 unspecified atom stereocenters. The van der Waals surface area contributed by atoms with Crippen LogP contribution in [0.1, 0.15) is 23.7 Å². The van der Waals surface area contributed by atoms with E-state index in [4.69, 9.17) is 9.47 Å². The SMILES string of the molecule is Fc1ccccc1COC1COC(c2ccccc2)C1. The largest absolute Gasteiger partial charge is 0.371 e. The number of halogens is 1. The number of benzene rings is 2. The predicted octanol–water partition coefficient (Wildman–Crippen LogP) is 3.87. The van der Waals surface area contributed by atoms with Crippen molar-refractivity contribution in [2.75, 3.05) is 6.61 Å². The number of ether oxygens (including phenoxy) is 2. The molecule has 1 heterocycles. The molecular formula is C17H17FO2. The lowest BCUT2D eigenvalue weighted by Gasteiger charge is -2.11. The molecule has 0 aliphatic carbocycles. The minimum absolute atomic E-state index is 0.0276. The molecule has 0 bridgehead atoms. The lowest BCUT2D eigenvalue weighted by atomic mass is 10.1. The normalized spacial score (nSPS) is 22.1. The third-order valence-electron chi connectivity index (χ3n) is 3.56. The molecule has 0 radical (unpaired) electrons. The molecule has 3 heteroatoms. The quantitative estimate of drug-likeness (QED) is 0.841. The molecule has 2 atom stereocenters. The molecular weight excluding hydrogens is 255 g/mol. The molecule has 3 rings (SSSR count). The van der Waals surface area contributed by atoms with Crippen LogP contribution < -0.4 is 0 Å². The van der Waals surface area contributed by atoms with Crippen molar-refractivity contribution in [3.8, 4) is 0 Å². The summed E-state index contributed by atoms with van der Waals surface area (Å²) in [5.74, 6) is -0.217. The van der Waals surface area contributed by atoms with E-state index in [0.29, 0.717) is 18.8 Å². The highest BCUT2D eigenvalue weighted by molar-refractivity contribution is 5.19. The molecule has 2 aromatic carbocycles. The second-order valence-corrected chi connectivity index (χ2v) is 4.99. The van der Waals surface area contributed by atoms with E-state index >= 15 is 0 Å². The molecule has 0 N–H and O–H groups in total. The molecule has 1 aliphatic rings. The van der Waals surface area contributed by atoms with Gasteiger partial charge < -0.3 is 9.47 Å². The first-order chi connectivity index (χ1) is 9.83. The van der Waals surface area contributed by atoms with Crippen molar-refractivity contribution in [2.24, 2.45) is 0 Å². The summed E-state index contributed by atoms with van der Waals surface area (Å²) in [6, 6.07) is 16.8. The van der Waals surface area contributed by atoms with Crippen molar-refractivity contribution in [3.05, 3.63) is 71.5 Å². The van der Waals surface area contributed by atoms with Crippen LogP contribution in [-0.4, -0.2) is 12.7 Å². The summed E-state index contributed by atoms with van der Waals surface area (Å²) >= 11 is 0. The van der Waals surface area contributed by atoms with Crippen LogP contribution in [0.2, 0.25) is 0 Å². The van der Waals surface area contributed by atoms with Gasteiger partial charge in [-0.15, -0.1) is 0 Å². The molecule has 104 valence electrons. The average molecular weight is 272 g/mol. The molecule has 0 amide bonds.